The lowest BCUT2D eigenvalue weighted by molar-refractivity contribution is 0.172. The van der Waals surface area contributed by atoms with Crippen LogP contribution >= 0.6 is 11.6 Å². The van der Waals surface area contributed by atoms with Crippen molar-refractivity contribution in [2.45, 2.75) is 12.5 Å². The highest BCUT2D eigenvalue weighted by molar-refractivity contribution is 6.34. The molecule has 1 saturated heterocycles. The molecule has 0 unspecified atom stereocenters. The zero-order valence-corrected chi connectivity index (χ0v) is 14.2. The Morgan fingerprint density at radius 2 is 2.15 bits per heavy atom. The number of fused-ring (bicyclic) bond motifs is 1. The predicted octanol–water partition coefficient (Wildman–Crippen LogP) is 1.55. The maximum Gasteiger partial charge on any atom is 0.437 e. The number of carbonyl (C=O) groups is 1. The molecule has 138 valence electrons. The molecule has 1 aromatic carbocycles. The minimum atomic E-state index is -1.29. The Labute approximate surface area is 151 Å². The molecule has 2 aliphatic heterocycles. The molecule has 0 bridgehead atoms. The highest BCUT2D eigenvalue weighted by atomic mass is 35.5. The number of halogens is 1. The first-order chi connectivity index (χ1) is 12.5. The fourth-order valence-electron chi connectivity index (χ4n) is 3.04. The summed E-state index contributed by atoms with van der Waals surface area (Å²) >= 11 is 6.21. The smallest absolute Gasteiger partial charge is 0.437 e. The van der Waals surface area contributed by atoms with E-state index in [1.807, 2.05) is 0 Å². The summed E-state index contributed by atoms with van der Waals surface area (Å²) in [6.07, 6.45) is -0.521. The number of nitrogens with one attached hydrogen (secondary N) is 2. The van der Waals surface area contributed by atoms with Crippen LogP contribution in [0.1, 0.15) is 12.5 Å². The summed E-state index contributed by atoms with van der Waals surface area (Å²) in [5.74, 6) is -0.182. The van der Waals surface area contributed by atoms with Gasteiger partial charge in [0.2, 0.25) is 0 Å². The van der Waals surface area contributed by atoms with Crippen molar-refractivity contribution in [3.05, 3.63) is 21.6 Å². The molecule has 11 heteroatoms. The molecule has 4 rings (SSSR count). The van der Waals surface area contributed by atoms with E-state index in [9.17, 15) is 9.59 Å². The second-order valence-electron chi connectivity index (χ2n) is 5.83. The Kier molecular flexibility index (Phi) is 4.21. The third-order valence-corrected chi connectivity index (χ3v) is 4.47. The molecule has 2 aromatic rings. The quantitative estimate of drug-likeness (QED) is 0.729. The molecule has 0 spiro atoms. The van der Waals surface area contributed by atoms with E-state index in [2.05, 4.69) is 15.7 Å². The van der Waals surface area contributed by atoms with Crippen molar-refractivity contribution in [2.24, 2.45) is 0 Å². The Morgan fingerprint density at radius 1 is 1.38 bits per heavy atom. The molecule has 3 heterocycles. The van der Waals surface area contributed by atoms with Gasteiger partial charge in [0, 0.05) is 6.54 Å². The lowest BCUT2D eigenvalue weighted by Gasteiger charge is -2.23. The SMILES string of the molecule is O=C(O)Nc1c(Cl)cc(-c2nn([C@H]3CCNC3)c(=O)o2)c2c1OCCO2. The number of ether oxygens (including phenoxy) is 2. The number of hydrogen-bond donors (Lipinski definition) is 3. The number of aromatic nitrogens is 2. The number of benzene rings is 1. The molecule has 3 N–H and O–H groups in total. The van der Waals surface area contributed by atoms with Crippen LogP contribution in [0, 0.1) is 0 Å². The number of carboxylic acid groups (broad SMARTS) is 1. The Balaban J connectivity index is 1.82. The van der Waals surface area contributed by atoms with Crippen molar-refractivity contribution >= 4 is 23.4 Å². The highest BCUT2D eigenvalue weighted by Gasteiger charge is 2.29. The summed E-state index contributed by atoms with van der Waals surface area (Å²) in [7, 11) is 0. The minimum absolute atomic E-state index is 0.0347. The molecule has 0 saturated carbocycles. The van der Waals surface area contributed by atoms with Crippen LogP contribution in [0.4, 0.5) is 10.5 Å². The molecule has 0 radical (unpaired) electrons. The van der Waals surface area contributed by atoms with Gasteiger partial charge >= 0.3 is 11.8 Å². The van der Waals surface area contributed by atoms with Crippen molar-refractivity contribution < 1.29 is 23.8 Å². The fraction of sp³-hybridized carbons (Fsp3) is 0.400. The van der Waals surface area contributed by atoms with Crippen molar-refractivity contribution in [1.29, 1.82) is 0 Å². The molecule has 0 aliphatic carbocycles. The monoisotopic (exact) mass is 382 g/mol. The van der Waals surface area contributed by atoms with Crippen LogP contribution in [0.15, 0.2) is 15.3 Å². The number of amides is 1. The van der Waals surface area contributed by atoms with E-state index in [0.717, 1.165) is 13.0 Å². The van der Waals surface area contributed by atoms with Crippen molar-refractivity contribution in [3.63, 3.8) is 0 Å². The number of nitrogens with zero attached hydrogens (tertiary/aromatic N) is 2. The number of anilines is 1. The van der Waals surface area contributed by atoms with Crippen LogP contribution in [0.25, 0.3) is 11.5 Å². The standard InChI is InChI=1S/C15H15ClN4O6/c16-9-5-8(11-12(25-4-3-24-11)10(9)18-14(21)22)13-19-20(15(23)26-13)7-1-2-17-6-7/h5,7,17-18H,1-4,6H2,(H,21,22)/t7-/m0/s1. The summed E-state index contributed by atoms with van der Waals surface area (Å²) < 4.78 is 17.7. The Morgan fingerprint density at radius 3 is 2.85 bits per heavy atom. The summed E-state index contributed by atoms with van der Waals surface area (Å²) in [5.41, 5.74) is 0.391. The van der Waals surface area contributed by atoms with Gasteiger partial charge in [-0.3, -0.25) is 5.32 Å². The molecule has 2 aliphatic rings. The average molecular weight is 383 g/mol. The first-order valence-electron chi connectivity index (χ1n) is 7.97. The zero-order valence-electron chi connectivity index (χ0n) is 13.5. The van der Waals surface area contributed by atoms with E-state index in [-0.39, 0.29) is 47.4 Å². The summed E-state index contributed by atoms with van der Waals surface area (Å²) in [6.45, 7) is 1.91. The van der Waals surface area contributed by atoms with E-state index in [1.165, 1.54) is 10.7 Å². The van der Waals surface area contributed by atoms with Crippen LogP contribution in [0.3, 0.4) is 0 Å². The van der Waals surface area contributed by atoms with Gasteiger partial charge in [-0.2, -0.15) is 4.68 Å². The molecule has 1 atom stereocenters. The van der Waals surface area contributed by atoms with Gasteiger partial charge < -0.3 is 24.3 Å². The molecule has 10 nitrogen and oxygen atoms in total. The largest absolute Gasteiger partial charge is 0.485 e. The lowest BCUT2D eigenvalue weighted by atomic mass is 10.1. The van der Waals surface area contributed by atoms with E-state index in [1.54, 1.807) is 0 Å². The minimum Gasteiger partial charge on any atom is -0.485 e. The lowest BCUT2D eigenvalue weighted by Crippen LogP contribution is -2.23. The van der Waals surface area contributed by atoms with Gasteiger partial charge in [-0.1, -0.05) is 11.6 Å². The summed E-state index contributed by atoms with van der Waals surface area (Å²) in [4.78, 5) is 23.2. The van der Waals surface area contributed by atoms with Crippen LogP contribution in [-0.2, 0) is 0 Å². The van der Waals surface area contributed by atoms with Crippen LogP contribution in [0.5, 0.6) is 11.5 Å². The van der Waals surface area contributed by atoms with Crippen molar-refractivity contribution in [2.75, 3.05) is 31.6 Å². The first kappa shape index (κ1) is 16.7. The molecule has 1 aromatic heterocycles. The van der Waals surface area contributed by atoms with E-state index >= 15 is 0 Å². The second-order valence-corrected chi connectivity index (χ2v) is 6.24. The van der Waals surface area contributed by atoms with Crippen molar-refractivity contribution in [1.82, 2.24) is 15.1 Å². The maximum atomic E-state index is 12.2. The summed E-state index contributed by atoms with van der Waals surface area (Å²) in [6, 6.07) is 1.35. The van der Waals surface area contributed by atoms with E-state index in [0.29, 0.717) is 12.1 Å². The van der Waals surface area contributed by atoms with Crippen LogP contribution in [-0.4, -0.2) is 47.3 Å². The number of rotatable bonds is 3. The van der Waals surface area contributed by atoms with Gasteiger partial charge in [-0.05, 0) is 19.0 Å². The molecular weight excluding hydrogens is 368 g/mol. The van der Waals surface area contributed by atoms with Crippen LogP contribution in [0.2, 0.25) is 5.02 Å². The Bertz CT molecular complexity index is 918. The van der Waals surface area contributed by atoms with Crippen molar-refractivity contribution in [3.8, 4) is 23.0 Å². The van der Waals surface area contributed by atoms with Gasteiger partial charge in [0.05, 0.1) is 16.6 Å². The second kappa shape index (κ2) is 6.54. The highest BCUT2D eigenvalue weighted by Crippen LogP contribution is 2.48. The summed E-state index contributed by atoms with van der Waals surface area (Å²) in [5, 5.41) is 18.7. The average Bonchev–Trinajstić information content (AvgIpc) is 3.26. The first-order valence-corrected chi connectivity index (χ1v) is 8.35. The molecular formula is C15H15ClN4O6. The van der Waals surface area contributed by atoms with Gasteiger partial charge in [0.25, 0.3) is 5.89 Å². The van der Waals surface area contributed by atoms with E-state index in [4.69, 9.17) is 30.6 Å². The zero-order chi connectivity index (χ0) is 18.3. The fourth-order valence-corrected chi connectivity index (χ4v) is 3.28. The third kappa shape index (κ3) is 2.86. The van der Waals surface area contributed by atoms with E-state index < -0.39 is 11.8 Å². The van der Waals surface area contributed by atoms with Gasteiger partial charge in [0.15, 0.2) is 11.5 Å². The normalized spacial score (nSPS) is 18.7. The third-order valence-electron chi connectivity index (χ3n) is 4.18. The van der Waals surface area contributed by atoms with Gasteiger partial charge in [-0.25, -0.2) is 9.59 Å². The van der Waals surface area contributed by atoms with Gasteiger partial charge in [0.1, 0.15) is 18.9 Å². The molecule has 1 fully saturated rings. The Hall–Kier alpha value is -2.72. The molecule has 26 heavy (non-hydrogen) atoms. The predicted molar refractivity (Wildman–Crippen MR) is 90.4 cm³/mol. The molecule has 1 amide bonds. The number of hydrogen-bond acceptors (Lipinski definition) is 7. The topological polar surface area (TPSA) is 128 Å². The maximum absolute atomic E-state index is 12.2. The van der Waals surface area contributed by atoms with Crippen LogP contribution < -0.4 is 25.9 Å². The van der Waals surface area contributed by atoms with Gasteiger partial charge in [-0.15, -0.1) is 5.10 Å².